The minimum atomic E-state index is 0.0830. The SMILES string of the molecule is CC(=O)c1ccc(N2CCN(c3cc(Cl)nc(N)n3)CC2)cc1. The molecular weight excluding hydrogens is 314 g/mol. The zero-order chi connectivity index (χ0) is 16.4. The molecule has 2 heterocycles. The van der Waals surface area contributed by atoms with Crippen molar-refractivity contribution in [2.75, 3.05) is 41.7 Å². The van der Waals surface area contributed by atoms with Gasteiger partial charge in [0.1, 0.15) is 11.0 Å². The molecule has 7 heteroatoms. The summed E-state index contributed by atoms with van der Waals surface area (Å²) in [5.41, 5.74) is 7.51. The van der Waals surface area contributed by atoms with Crippen molar-refractivity contribution in [1.29, 1.82) is 0 Å². The lowest BCUT2D eigenvalue weighted by Crippen LogP contribution is -2.46. The molecule has 6 nitrogen and oxygen atoms in total. The van der Waals surface area contributed by atoms with Gasteiger partial charge in [0.2, 0.25) is 5.95 Å². The van der Waals surface area contributed by atoms with Gasteiger partial charge in [0, 0.05) is 43.5 Å². The first-order chi connectivity index (χ1) is 11.0. The Morgan fingerprint density at radius 2 is 1.70 bits per heavy atom. The predicted octanol–water partition coefficient (Wildman–Crippen LogP) is 2.24. The number of rotatable bonds is 3. The fraction of sp³-hybridized carbons (Fsp3) is 0.312. The molecule has 1 saturated heterocycles. The molecule has 2 aromatic rings. The third-order valence-corrected chi connectivity index (χ3v) is 4.13. The summed E-state index contributed by atoms with van der Waals surface area (Å²) in [6.07, 6.45) is 0. The Morgan fingerprint density at radius 3 is 2.26 bits per heavy atom. The molecule has 2 N–H and O–H groups in total. The number of nitrogen functional groups attached to an aromatic ring is 1. The van der Waals surface area contributed by atoms with E-state index in [4.69, 9.17) is 17.3 Å². The summed E-state index contributed by atoms with van der Waals surface area (Å²) in [4.78, 5) is 23.9. The van der Waals surface area contributed by atoms with Gasteiger partial charge in [-0.3, -0.25) is 4.79 Å². The van der Waals surface area contributed by atoms with E-state index in [0.29, 0.717) is 5.15 Å². The highest BCUT2D eigenvalue weighted by Gasteiger charge is 2.19. The third-order valence-electron chi connectivity index (χ3n) is 3.94. The summed E-state index contributed by atoms with van der Waals surface area (Å²) in [5, 5.41) is 0.356. The number of anilines is 3. The van der Waals surface area contributed by atoms with E-state index in [-0.39, 0.29) is 11.7 Å². The number of carbonyl (C=O) groups is 1. The molecule has 0 radical (unpaired) electrons. The van der Waals surface area contributed by atoms with Gasteiger partial charge in [-0.25, -0.2) is 4.98 Å². The molecule has 1 aromatic heterocycles. The zero-order valence-corrected chi connectivity index (χ0v) is 13.6. The summed E-state index contributed by atoms with van der Waals surface area (Å²) in [6.45, 7) is 4.94. The molecule has 1 aromatic carbocycles. The van der Waals surface area contributed by atoms with E-state index in [1.54, 1.807) is 13.0 Å². The lowest BCUT2D eigenvalue weighted by Gasteiger charge is -2.36. The zero-order valence-electron chi connectivity index (χ0n) is 12.9. The molecule has 1 aliphatic heterocycles. The maximum absolute atomic E-state index is 11.3. The van der Waals surface area contributed by atoms with Crippen molar-refractivity contribution in [2.45, 2.75) is 6.92 Å². The maximum Gasteiger partial charge on any atom is 0.223 e. The van der Waals surface area contributed by atoms with Crippen LogP contribution in [-0.2, 0) is 0 Å². The normalized spacial score (nSPS) is 14.9. The number of piperazine rings is 1. The number of nitrogens with zero attached hydrogens (tertiary/aromatic N) is 4. The van der Waals surface area contributed by atoms with Crippen LogP contribution in [0.5, 0.6) is 0 Å². The van der Waals surface area contributed by atoms with Crippen LogP contribution in [0.1, 0.15) is 17.3 Å². The lowest BCUT2D eigenvalue weighted by atomic mass is 10.1. The first kappa shape index (κ1) is 15.6. The van der Waals surface area contributed by atoms with Crippen LogP contribution >= 0.6 is 11.6 Å². The second kappa shape index (κ2) is 6.42. The van der Waals surface area contributed by atoms with Crippen molar-refractivity contribution < 1.29 is 4.79 Å². The van der Waals surface area contributed by atoms with Crippen molar-refractivity contribution in [1.82, 2.24) is 9.97 Å². The summed E-state index contributed by atoms with van der Waals surface area (Å²) >= 11 is 5.94. The van der Waals surface area contributed by atoms with Crippen molar-refractivity contribution in [3.63, 3.8) is 0 Å². The second-order valence-electron chi connectivity index (χ2n) is 5.48. The molecule has 120 valence electrons. The predicted molar refractivity (Wildman–Crippen MR) is 92.3 cm³/mol. The molecule has 1 aliphatic rings. The minimum absolute atomic E-state index is 0.0830. The van der Waals surface area contributed by atoms with E-state index >= 15 is 0 Å². The lowest BCUT2D eigenvalue weighted by molar-refractivity contribution is 0.101. The van der Waals surface area contributed by atoms with Crippen LogP contribution in [0, 0.1) is 0 Å². The van der Waals surface area contributed by atoms with Crippen LogP contribution in [0.4, 0.5) is 17.5 Å². The minimum Gasteiger partial charge on any atom is -0.368 e. The standard InChI is InChI=1S/C16H18ClN5O/c1-11(23)12-2-4-13(5-3-12)21-6-8-22(9-7-21)15-10-14(17)19-16(18)20-15/h2-5,10H,6-9H2,1H3,(H2,18,19,20). The average Bonchev–Trinajstić information content (AvgIpc) is 2.54. The van der Waals surface area contributed by atoms with Crippen LogP contribution in [-0.4, -0.2) is 41.9 Å². The summed E-state index contributed by atoms with van der Waals surface area (Å²) in [5.74, 6) is 1.03. The average molecular weight is 332 g/mol. The number of hydrogen-bond donors (Lipinski definition) is 1. The van der Waals surface area contributed by atoms with E-state index in [1.807, 2.05) is 24.3 Å². The van der Waals surface area contributed by atoms with E-state index in [2.05, 4.69) is 19.8 Å². The van der Waals surface area contributed by atoms with E-state index in [0.717, 1.165) is 43.2 Å². The van der Waals surface area contributed by atoms with Gasteiger partial charge in [0.15, 0.2) is 5.78 Å². The molecule has 0 saturated carbocycles. The Morgan fingerprint density at radius 1 is 1.09 bits per heavy atom. The molecule has 0 unspecified atom stereocenters. The number of hydrogen-bond acceptors (Lipinski definition) is 6. The Hall–Kier alpha value is -2.34. The monoisotopic (exact) mass is 331 g/mol. The third kappa shape index (κ3) is 3.53. The van der Waals surface area contributed by atoms with E-state index in [1.165, 1.54) is 0 Å². The molecule has 3 rings (SSSR count). The molecule has 0 bridgehead atoms. The van der Waals surface area contributed by atoms with Gasteiger partial charge in [0.05, 0.1) is 0 Å². The Labute approximate surface area is 139 Å². The molecule has 0 aliphatic carbocycles. The smallest absolute Gasteiger partial charge is 0.223 e. The topological polar surface area (TPSA) is 75.4 Å². The molecule has 23 heavy (non-hydrogen) atoms. The summed E-state index contributed by atoms with van der Waals surface area (Å²) < 4.78 is 0. The number of nitrogens with two attached hydrogens (primary N) is 1. The Balaban J connectivity index is 1.67. The molecule has 0 atom stereocenters. The molecule has 0 amide bonds. The van der Waals surface area contributed by atoms with Gasteiger partial charge >= 0.3 is 0 Å². The van der Waals surface area contributed by atoms with Crippen LogP contribution in [0.15, 0.2) is 30.3 Å². The van der Waals surface area contributed by atoms with Crippen molar-refractivity contribution in [3.05, 3.63) is 41.0 Å². The van der Waals surface area contributed by atoms with Gasteiger partial charge in [-0.2, -0.15) is 4.98 Å². The summed E-state index contributed by atoms with van der Waals surface area (Å²) in [7, 11) is 0. The van der Waals surface area contributed by atoms with Crippen molar-refractivity contribution in [2.24, 2.45) is 0 Å². The van der Waals surface area contributed by atoms with Crippen molar-refractivity contribution >= 4 is 34.8 Å². The number of Topliss-reactive ketones (excluding diaryl/α,β-unsaturated/α-hetero) is 1. The van der Waals surface area contributed by atoms with Gasteiger partial charge in [0.25, 0.3) is 0 Å². The fourth-order valence-electron chi connectivity index (χ4n) is 2.69. The highest BCUT2D eigenvalue weighted by Crippen LogP contribution is 2.22. The van der Waals surface area contributed by atoms with Crippen LogP contribution in [0.2, 0.25) is 5.15 Å². The number of aromatic nitrogens is 2. The first-order valence-electron chi connectivity index (χ1n) is 7.44. The Bertz CT molecular complexity index is 691. The van der Waals surface area contributed by atoms with Gasteiger partial charge in [-0.15, -0.1) is 0 Å². The highest BCUT2D eigenvalue weighted by atomic mass is 35.5. The van der Waals surface area contributed by atoms with Crippen LogP contribution in [0.3, 0.4) is 0 Å². The van der Waals surface area contributed by atoms with Crippen molar-refractivity contribution in [3.8, 4) is 0 Å². The fourth-order valence-corrected chi connectivity index (χ4v) is 2.87. The van der Waals surface area contributed by atoms with Crippen LogP contribution < -0.4 is 15.5 Å². The second-order valence-corrected chi connectivity index (χ2v) is 5.87. The first-order valence-corrected chi connectivity index (χ1v) is 7.82. The quantitative estimate of drug-likeness (QED) is 0.686. The van der Waals surface area contributed by atoms with Gasteiger partial charge < -0.3 is 15.5 Å². The molecular formula is C16H18ClN5O. The maximum atomic E-state index is 11.3. The molecule has 1 fully saturated rings. The van der Waals surface area contributed by atoms with Gasteiger partial charge in [-0.05, 0) is 31.2 Å². The largest absolute Gasteiger partial charge is 0.368 e. The number of ketones is 1. The summed E-state index contributed by atoms with van der Waals surface area (Å²) in [6, 6.07) is 9.46. The number of halogens is 1. The number of benzene rings is 1. The Kier molecular flexibility index (Phi) is 4.34. The molecule has 0 spiro atoms. The van der Waals surface area contributed by atoms with E-state index < -0.39 is 0 Å². The highest BCUT2D eigenvalue weighted by molar-refractivity contribution is 6.29. The van der Waals surface area contributed by atoms with Gasteiger partial charge in [-0.1, -0.05) is 11.6 Å². The van der Waals surface area contributed by atoms with E-state index in [9.17, 15) is 4.79 Å². The number of carbonyl (C=O) groups excluding carboxylic acids is 1. The van der Waals surface area contributed by atoms with Crippen LogP contribution in [0.25, 0.3) is 0 Å².